The number of hydrogen-bond donors (Lipinski definition) is 0. The summed E-state index contributed by atoms with van der Waals surface area (Å²) in [6, 6.07) is 0. The maximum atomic E-state index is 10.8. The molecule has 0 spiro atoms. The highest BCUT2D eigenvalue weighted by molar-refractivity contribution is 5.87. The molecule has 4 nitrogen and oxygen atoms in total. The molecule has 0 radical (unpaired) electrons. The first-order valence-corrected chi connectivity index (χ1v) is 4.04. The van der Waals surface area contributed by atoms with Crippen molar-refractivity contribution in [1.82, 2.24) is 0 Å². The second-order valence-corrected chi connectivity index (χ2v) is 3.65. The molecule has 0 aliphatic heterocycles. The van der Waals surface area contributed by atoms with Gasteiger partial charge in [-0.2, -0.15) is 4.89 Å². The average molecular weight is 198 g/mol. The van der Waals surface area contributed by atoms with Crippen molar-refractivity contribution in [3.05, 3.63) is 12.2 Å². The minimum absolute atomic E-state index is 0.274. The standard InChI is InChI=1S/C10H14O4/c1-8(2)9(11)12-6-7-13-14-10(3,4)5/h1H2,2-5H3. The number of carbonyl (C=O) groups excluding carboxylic acids is 1. The summed E-state index contributed by atoms with van der Waals surface area (Å²) in [5.74, 6) is -0.586. The van der Waals surface area contributed by atoms with Gasteiger partial charge in [0.15, 0.2) is 6.11 Å². The summed E-state index contributed by atoms with van der Waals surface area (Å²) in [6.07, 6.45) is 4.10. The molecule has 0 N–H and O–H groups in total. The van der Waals surface area contributed by atoms with Gasteiger partial charge in [-0.25, -0.2) is 4.79 Å². The topological polar surface area (TPSA) is 44.8 Å². The fourth-order valence-electron chi connectivity index (χ4n) is 0.317. The Bertz CT molecular complexity index is 275. The molecule has 0 saturated heterocycles. The van der Waals surface area contributed by atoms with Crippen molar-refractivity contribution in [1.29, 1.82) is 0 Å². The summed E-state index contributed by atoms with van der Waals surface area (Å²) in [5, 5.41) is 0. The van der Waals surface area contributed by atoms with Crippen molar-refractivity contribution in [2.75, 3.05) is 0 Å². The molecule has 0 aliphatic carbocycles. The predicted molar refractivity (Wildman–Crippen MR) is 50.6 cm³/mol. The maximum Gasteiger partial charge on any atom is 0.347 e. The van der Waals surface area contributed by atoms with Crippen LogP contribution in [-0.4, -0.2) is 11.6 Å². The number of rotatable bonds is 2. The van der Waals surface area contributed by atoms with Crippen molar-refractivity contribution >= 4 is 5.97 Å². The molecule has 14 heavy (non-hydrogen) atoms. The highest BCUT2D eigenvalue weighted by Crippen LogP contribution is 2.05. The number of esters is 1. The third-order valence-corrected chi connectivity index (χ3v) is 0.867. The van der Waals surface area contributed by atoms with Crippen LogP contribution in [0.4, 0.5) is 0 Å². The molecule has 0 bridgehead atoms. The third-order valence-electron chi connectivity index (χ3n) is 0.867. The van der Waals surface area contributed by atoms with Crippen molar-refractivity contribution in [3.63, 3.8) is 0 Å². The second-order valence-electron chi connectivity index (χ2n) is 3.65. The smallest absolute Gasteiger partial charge is 0.347 e. The lowest BCUT2D eigenvalue weighted by Gasteiger charge is -2.13. The summed E-state index contributed by atoms with van der Waals surface area (Å²) in [7, 11) is 0. The van der Waals surface area contributed by atoms with Crippen LogP contribution in [0, 0.1) is 12.2 Å². The van der Waals surface area contributed by atoms with Crippen molar-refractivity contribution in [2.24, 2.45) is 0 Å². The molecule has 0 aromatic rings. The van der Waals surface area contributed by atoms with Gasteiger partial charge in [-0.1, -0.05) is 6.58 Å². The van der Waals surface area contributed by atoms with Crippen molar-refractivity contribution in [2.45, 2.75) is 33.3 Å². The molecular formula is C10H14O4. The van der Waals surface area contributed by atoms with E-state index in [9.17, 15) is 4.79 Å². The van der Waals surface area contributed by atoms with Crippen LogP contribution in [0.2, 0.25) is 0 Å². The molecule has 0 fully saturated rings. The van der Waals surface area contributed by atoms with Crippen LogP contribution in [0.25, 0.3) is 0 Å². The van der Waals surface area contributed by atoms with E-state index in [1.807, 2.05) is 6.11 Å². The van der Waals surface area contributed by atoms with E-state index in [0.717, 1.165) is 0 Å². The number of ether oxygens (including phenoxy) is 1. The van der Waals surface area contributed by atoms with Crippen LogP contribution < -0.4 is 0 Å². The molecule has 0 amide bonds. The molecule has 0 rings (SSSR count). The van der Waals surface area contributed by atoms with Gasteiger partial charge in [0.05, 0.1) is 0 Å². The zero-order chi connectivity index (χ0) is 11.2. The van der Waals surface area contributed by atoms with E-state index in [1.54, 1.807) is 20.8 Å². The maximum absolute atomic E-state index is 10.8. The zero-order valence-electron chi connectivity index (χ0n) is 8.84. The van der Waals surface area contributed by atoms with Gasteiger partial charge >= 0.3 is 5.97 Å². The normalized spacial score (nSPS) is 9.71. The minimum Gasteiger partial charge on any atom is -0.365 e. The summed E-state index contributed by atoms with van der Waals surface area (Å²) in [4.78, 5) is 20.0. The van der Waals surface area contributed by atoms with E-state index in [-0.39, 0.29) is 5.57 Å². The number of hydrogen-bond acceptors (Lipinski definition) is 4. The third kappa shape index (κ3) is 7.19. The largest absolute Gasteiger partial charge is 0.365 e. The van der Waals surface area contributed by atoms with E-state index >= 15 is 0 Å². The van der Waals surface area contributed by atoms with Gasteiger partial charge in [0.25, 0.3) is 0 Å². The lowest BCUT2D eigenvalue weighted by molar-refractivity contribution is -0.300. The number of carbonyl (C=O) groups is 1. The van der Waals surface area contributed by atoms with Gasteiger partial charge in [0.1, 0.15) is 5.60 Å². The molecule has 0 heterocycles. The Kier molecular flexibility index (Phi) is 4.74. The van der Waals surface area contributed by atoms with Crippen molar-refractivity contribution < 1.29 is 19.3 Å². The highest BCUT2D eigenvalue weighted by atomic mass is 17.2. The van der Waals surface area contributed by atoms with E-state index in [1.165, 1.54) is 6.92 Å². The highest BCUT2D eigenvalue weighted by Gasteiger charge is 2.11. The van der Waals surface area contributed by atoms with Gasteiger partial charge in [-0.3, -0.25) is 4.89 Å². The zero-order valence-corrected chi connectivity index (χ0v) is 8.84. The molecule has 0 atom stereocenters. The summed E-state index contributed by atoms with van der Waals surface area (Å²) < 4.78 is 4.41. The summed E-state index contributed by atoms with van der Waals surface area (Å²) >= 11 is 0. The SMILES string of the molecule is C=C(C)C(=O)OC#COOC(C)(C)C. The van der Waals surface area contributed by atoms with Gasteiger partial charge in [-0.05, 0) is 27.7 Å². The first kappa shape index (κ1) is 12.5. The molecule has 4 heteroatoms. The van der Waals surface area contributed by atoms with Crippen LogP contribution in [0.1, 0.15) is 27.7 Å². The molecule has 0 unspecified atom stereocenters. The minimum atomic E-state index is -0.586. The Hall–Kier alpha value is -1.47. The molecule has 0 aliphatic rings. The molecule has 0 saturated carbocycles. The first-order valence-electron chi connectivity index (χ1n) is 4.04. The first-order chi connectivity index (χ1) is 6.33. The van der Waals surface area contributed by atoms with Crippen LogP contribution in [0.15, 0.2) is 12.2 Å². The molecule has 0 aromatic carbocycles. The van der Waals surface area contributed by atoms with Crippen LogP contribution >= 0.6 is 0 Å². The Morgan fingerprint density at radius 1 is 1.29 bits per heavy atom. The monoisotopic (exact) mass is 198 g/mol. The van der Waals surface area contributed by atoms with E-state index in [0.29, 0.717) is 0 Å². The van der Waals surface area contributed by atoms with Crippen LogP contribution in [0.3, 0.4) is 0 Å². The fraction of sp³-hybridized carbons (Fsp3) is 0.500. The van der Waals surface area contributed by atoms with Crippen LogP contribution in [0.5, 0.6) is 0 Å². The fourth-order valence-corrected chi connectivity index (χ4v) is 0.317. The Labute approximate surface area is 83.8 Å². The van der Waals surface area contributed by atoms with Crippen molar-refractivity contribution in [3.8, 4) is 12.2 Å². The van der Waals surface area contributed by atoms with E-state index in [4.69, 9.17) is 4.89 Å². The van der Waals surface area contributed by atoms with Gasteiger partial charge < -0.3 is 4.74 Å². The average Bonchev–Trinajstić information content (AvgIpc) is 2.01. The lowest BCUT2D eigenvalue weighted by atomic mass is 10.2. The Balaban J connectivity index is 3.75. The summed E-state index contributed by atoms with van der Waals surface area (Å²) in [6.45, 7) is 10.3. The van der Waals surface area contributed by atoms with E-state index < -0.39 is 11.6 Å². The van der Waals surface area contributed by atoms with Gasteiger partial charge in [0, 0.05) is 5.57 Å². The lowest BCUT2D eigenvalue weighted by Crippen LogP contribution is -2.17. The molecule has 78 valence electrons. The van der Waals surface area contributed by atoms with E-state index in [2.05, 4.69) is 22.3 Å². The second kappa shape index (κ2) is 5.30. The quantitative estimate of drug-likeness (QED) is 0.223. The molecule has 0 aromatic heterocycles. The van der Waals surface area contributed by atoms with Gasteiger partial charge in [0.2, 0.25) is 6.11 Å². The summed E-state index contributed by atoms with van der Waals surface area (Å²) in [5.41, 5.74) is -0.177. The van der Waals surface area contributed by atoms with Gasteiger partial charge in [-0.15, -0.1) is 0 Å². The Morgan fingerprint density at radius 2 is 1.86 bits per heavy atom. The molecular weight excluding hydrogens is 184 g/mol. The predicted octanol–water partition coefficient (Wildman–Crippen LogP) is 1.77. The van der Waals surface area contributed by atoms with Crippen LogP contribution in [-0.2, 0) is 19.3 Å². The Morgan fingerprint density at radius 3 is 2.29 bits per heavy atom.